The zero-order valence-corrected chi connectivity index (χ0v) is 19.5. The Balaban J connectivity index is 2.03. The third-order valence-electron chi connectivity index (χ3n) is 6.09. The van der Waals surface area contributed by atoms with Gasteiger partial charge in [-0.25, -0.2) is 4.98 Å². The van der Waals surface area contributed by atoms with Gasteiger partial charge < -0.3 is 19.6 Å². The van der Waals surface area contributed by atoms with Crippen LogP contribution < -0.4 is 4.74 Å². The Hall–Kier alpha value is -2.93. The highest BCUT2D eigenvalue weighted by molar-refractivity contribution is 5.98. The molecule has 0 spiro atoms. The van der Waals surface area contributed by atoms with Crippen LogP contribution in [0.3, 0.4) is 0 Å². The van der Waals surface area contributed by atoms with Crippen molar-refractivity contribution in [2.75, 3.05) is 26.7 Å². The number of hydrogen-bond acceptors (Lipinski definition) is 5. The maximum absolute atomic E-state index is 13.5. The minimum Gasteiger partial charge on any atom is -0.472 e. The minimum atomic E-state index is -0.352. The van der Waals surface area contributed by atoms with Gasteiger partial charge in [0.1, 0.15) is 11.7 Å². The second-order valence-corrected chi connectivity index (χ2v) is 8.69. The molecule has 2 heterocycles. The Morgan fingerprint density at radius 1 is 1.31 bits per heavy atom. The number of pyridine rings is 1. The molecule has 7 nitrogen and oxygen atoms in total. The van der Waals surface area contributed by atoms with Crippen molar-refractivity contribution in [3.63, 3.8) is 0 Å². The molecule has 0 aliphatic carbocycles. The number of carbonyl (C=O) groups is 2. The van der Waals surface area contributed by atoms with Gasteiger partial charge >= 0.3 is 0 Å². The average molecular weight is 440 g/mol. The van der Waals surface area contributed by atoms with Crippen LogP contribution in [0, 0.1) is 12.8 Å². The smallest absolute Gasteiger partial charge is 0.259 e. The van der Waals surface area contributed by atoms with E-state index in [9.17, 15) is 14.7 Å². The van der Waals surface area contributed by atoms with Gasteiger partial charge in [0.25, 0.3) is 5.91 Å². The number of carbonyl (C=O) groups excluding carboxylic acids is 2. The molecule has 1 aliphatic rings. The molecule has 7 heteroatoms. The van der Waals surface area contributed by atoms with E-state index in [2.05, 4.69) is 4.98 Å². The lowest BCUT2D eigenvalue weighted by Gasteiger charge is -2.37. The molecule has 3 rings (SSSR count). The zero-order valence-electron chi connectivity index (χ0n) is 19.5. The number of aliphatic hydroxyl groups is 1. The SMILES string of the molecule is CCC(=O)N(C)C[C@@H]1Oc2ncc(-c3ccc(C)cc3)cc2C(=O)N([C@H](C)CO)C[C@@H]1C. The van der Waals surface area contributed by atoms with Crippen molar-refractivity contribution in [2.45, 2.75) is 46.3 Å². The highest BCUT2D eigenvalue weighted by Crippen LogP contribution is 2.30. The fraction of sp³-hybridized carbons (Fsp3) is 0.480. The van der Waals surface area contributed by atoms with Gasteiger partial charge in [0, 0.05) is 37.7 Å². The molecule has 2 amide bonds. The fourth-order valence-electron chi connectivity index (χ4n) is 3.87. The second-order valence-electron chi connectivity index (χ2n) is 8.69. The zero-order chi connectivity index (χ0) is 23.4. The van der Waals surface area contributed by atoms with Gasteiger partial charge in [-0.3, -0.25) is 9.59 Å². The van der Waals surface area contributed by atoms with Crippen LogP contribution in [0.15, 0.2) is 36.5 Å². The molecular formula is C25H33N3O4. The number of aliphatic hydroxyl groups excluding tert-OH is 1. The fourth-order valence-corrected chi connectivity index (χ4v) is 3.87. The normalized spacial score (nSPS) is 19.4. The number of aromatic nitrogens is 1. The van der Waals surface area contributed by atoms with Gasteiger partial charge in [0.2, 0.25) is 11.8 Å². The summed E-state index contributed by atoms with van der Waals surface area (Å²) in [6.45, 7) is 8.33. The van der Waals surface area contributed by atoms with Gasteiger partial charge in [-0.1, -0.05) is 43.7 Å². The first-order valence-electron chi connectivity index (χ1n) is 11.1. The molecule has 0 radical (unpaired) electrons. The van der Waals surface area contributed by atoms with Crippen LogP contribution in [-0.4, -0.2) is 70.6 Å². The van der Waals surface area contributed by atoms with Gasteiger partial charge in [0.05, 0.1) is 19.2 Å². The number of aryl methyl sites for hydroxylation is 1. The predicted molar refractivity (Wildman–Crippen MR) is 124 cm³/mol. The van der Waals surface area contributed by atoms with Crippen molar-refractivity contribution in [3.8, 4) is 17.0 Å². The highest BCUT2D eigenvalue weighted by atomic mass is 16.5. The van der Waals surface area contributed by atoms with Crippen molar-refractivity contribution in [2.24, 2.45) is 5.92 Å². The minimum absolute atomic E-state index is 0.0300. The summed E-state index contributed by atoms with van der Waals surface area (Å²) in [5.41, 5.74) is 3.30. The number of ether oxygens (including phenoxy) is 1. The Labute approximate surface area is 190 Å². The Morgan fingerprint density at radius 3 is 2.62 bits per heavy atom. The lowest BCUT2D eigenvalue weighted by Crippen LogP contribution is -2.50. The van der Waals surface area contributed by atoms with Crippen molar-refractivity contribution < 1.29 is 19.4 Å². The predicted octanol–water partition coefficient (Wildman–Crippen LogP) is 3.15. The summed E-state index contributed by atoms with van der Waals surface area (Å²) in [5.74, 6) is 0.00963. The lowest BCUT2D eigenvalue weighted by atomic mass is 9.99. The number of amides is 2. The molecular weight excluding hydrogens is 406 g/mol. The molecule has 32 heavy (non-hydrogen) atoms. The van der Waals surface area contributed by atoms with E-state index in [1.165, 1.54) is 0 Å². The molecule has 1 aromatic carbocycles. The van der Waals surface area contributed by atoms with Crippen LogP contribution in [0.2, 0.25) is 0 Å². The number of hydrogen-bond donors (Lipinski definition) is 1. The van der Waals surface area contributed by atoms with Crippen LogP contribution in [0.4, 0.5) is 0 Å². The molecule has 0 saturated heterocycles. The quantitative estimate of drug-likeness (QED) is 0.748. The lowest BCUT2D eigenvalue weighted by molar-refractivity contribution is -0.131. The molecule has 0 unspecified atom stereocenters. The van der Waals surface area contributed by atoms with E-state index < -0.39 is 0 Å². The standard InChI is InChI=1S/C25H33N3O4/c1-6-23(30)27(5)14-22-17(3)13-28(18(4)15-29)25(31)21-11-20(12-26-24(21)32-22)19-9-7-16(2)8-10-19/h7-12,17-18,22,29H,6,13-15H2,1-5H3/t17-,18+,22-/m0/s1. The molecule has 1 aliphatic heterocycles. The van der Waals surface area contributed by atoms with E-state index in [4.69, 9.17) is 4.74 Å². The van der Waals surface area contributed by atoms with Crippen molar-refractivity contribution in [3.05, 3.63) is 47.7 Å². The molecule has 0 saturated carbocycles. The van der Waals surface area contributed by atoms with Gasteiger partial charge in [-0.05, 0) is 25.5 Å². The van der Waals surface area contributed by atoms with Crippen LogP contribution in [0.1, 0.15) is 43.1 Å². The monoisotopic (exact) mass is 439 g/mol. The third kappa shape index (κ3) is 5.10. The van der Waals surface area contributed by atoms with Crippen molar-refractivity contribution in [1.29, 1.82) is 0 Å². The molecule has 0 fully saturated rings. The number of nitrogens with zero attached hydrogens (tertiary/aromatic N) is 3. The molecule has 2 aromatic rings. The molecule has 0 bridgehead atoms. The van der Waals surface area contributed by atoms with Gasteiger partial charge in [-0.15, -0.1) is 0 Å². The maximum Gasteiger partial charge on any atom is 0.259 e. The van der Waals surface area contributed by atoms with Crippen LogP contribution in [0.5, 0.6) is 5.88 Å². The summed E-state index contributed by atoms with van der Waals surface area (Å²) in [7, 11) is 1.76. The Bertz CT molecular complexity index is 960. The molecule has 3 atom stereocenters. The largest absolute Gasteiger partial charge is 0.472 e. The van der Waals surface area contributed by atoms with E-state index in [0.29, 0.717) is 25.1 Å². The van der Waals surface area contributed by atoms with Crippen molar-refractivity contribution >= 4 is 11.8 Å². The number of likely N-dealkylation sites (N-methyl/N-ethyl adjacent to an activating group) is 1. The molecule has 1 aromatic heterocycles. The van der Waals surface area contributed by atoms with Crippen LogP contribution >= 0.6 is 0 Å². The Morgan fingerprint density at radius 2 is 2.00 bits per heavy atom. The highest BCUT2D eigenvalue weighted by Gasteiger charge is 2.34. The van der Waals surface area contributed by atoms with Crippen LogP contribution in [-0.2, 0) is 4.79 Å². The number of rotatable bonds is 6. The Kier molecular flexibility index (Phi) is 7.51. The van der Waals surface area contributed by atoms with E-state index in [0.717, 1.165) is 16.7 Å². The molecule has 172 valence electrons. The summed E-state index contributed by atoms with van der Waals surface area (Å²) in [6, 6.07) is 9.48. The first kappa shape index (κ1) is 23.7. The summed E-state index contributed by atoms with van der Waals surface area (Å²) in [5, 5.41) is 9.78. The van der Waals surface area contributed by atoms with Gasteiger partial charge in [0.15, 0.2) is 0 Å². The van der Waals surface area contributed by atoms with E-state index in [1.807, 2.05) is 52.0 Å². The van der Waals surface area contributed by atoms with Gasteiger partial charge in [-0.2, -0.15) is 0 Å². The van der Waals surface area contributed by atoms with E-state index in [1.54, 1.807) is 29.1 Å². The van der Waals surface area contributed by atoms with E-state index in [-0.39, 0.29) is 42.4 Å². The summed E-state index contributed by atoms with van der Waals surface area (Å²) >= 11 is 0. The number of benzene rings is 1. The maximum atomic E-state index is 13.5. The van der Waals surface area contributed by atoms with E-state index >= 15 is 0 Å². The van der Waals surface area contributed by atoms with Crippen LogP contribution in [0.25, 0.3) is 11.1 Å². The first-order valence-corrected chi connectivity index (χ1v) is 11.1. The average Bonchev–Trinajstić information content (AvgIpc) is 2.80. The third-order valence-corrected chi connectivity index (χ3v) is 6.09. The topological polar surface area (TPSA) is 83.0 Å². The van der Waals surface area contributed by atoms with Crippen molar-refractivity contribution in [1.82, 2.24) is 14.8 Å². The summed E-state index contributed by atoms with van der Waals surface area (Å²) in [4.78, 5) is 33.5. The summed E-state index contributed by atoms with van der Waals surface area (Å²) in [6.07, 6.45) is 1.78. The first-order chi connectivity index (χ1) is 15.2. The second kappa shape index (κ2) is 10.1. The summed E-state index contributed by atoms with van der Waals surface area (Å²) < 4.78 is 6.24. The number of fused-ring (bicyclic) bond motifs is 1. The molecule has 1 N–H and O–H groups in total.